The largest absolute Gasteiger partial charge is 0.325 e. The van der Waals surface area contributed by atoms with Gasteiger partial charge in [-0.05, 0) is 25.3 Å². The molecular formula is C12H21N3S. The van der Waals surface area contributed by atoms with Crippen molar-refractivity contribution in [1.29, 1.82) is 0 Å². The molecule has 0 bridgehead atoms. The number of hydrogen-bond donors (Lipinski definition) is 1. The minimum absolute atomic E-state index is 0.568. The van der Waals surface area contributed by atoms with Crippen LogP contribution in [0.2, 0.25) is 0 Å². The molecule has 1 aromatic rings. The van der Waals surface area contributed by atoms with Crippen LogP contribution in [0.15, 0.2) is 5.38 Å². The summed E-state index contributed by atoms with van der Waals surface area (Å²) in [5.41, 5.74) is 6.77. The first-order chi connectivity index (χ1) is 7.70. The zero-order chi connectivity index (χ0) is 11.5. The van der Waals surface area contributed by atoms with Gasteiger partial charge in [0, 0.05) is 24.5 Å². The van der Waals surface area contributed by atoms with E-state index in [1.165, 1.54) is 25.1 Å². The highest BCUT2D eigenvalue weighted by Crippen LogP contribution is 2.25. The van der Waals surface area contributed by atoms with E-state index in [1.807, 2.05) is 0 Å². The maximum absolute atomic E-state index is 5.58. The second-order valence-corrected chi connectivity index (χ2v) is 5.80. The third-order valence-corrected chi connectivity index (χ3v) is 4.24. The molecule has 2 rings (SSSR count). The molecule has 0 amide bonds. The lowest BCUT2D eigenvalue weighted by atomic mass is 10.0. The van der Waals surface area contributed by atoms with Gasteiger partial charge in [-0.15, -0.1) is 11.3 Å². The van der Waals surface area contributed by atoms with Crippen molar-refractivity contribution in [3.8, 4) is 0 Å². The summed E-state index contributed by atoms with van der Waals surface area (Å²) in [4.78, 5) is 7.11. The molecule has 4 heteroatoms. The average molecular weight is 239 g/mol. The lowest BCUT2D eigenvalue weighted by Gasteiger charge is -2.26. The molecule has 1 aromatic heterocycles. The number of aromatic nitrogens is 1. The van der Waals surface area contributed by atoms with Crippen LogP contribution in [0.4, 0.5) is 0 Å². The Morgan fingerprint density at radius 1 is 1.62 bits per heavy atom. The average Bonchev–Trinajstić information content (AvgIpc) is 2.87. The van der Waals surface area contributed by atoms with Crippen LogP contribution in [0.3, 0.4) is 0 Å². The Morgan fingerprint density at radius 2 is 2.44 bits per heavy atom. The molecule has 0 spiro atoms. The second-order valence-electron chi connectivity index (χ2n) is 4.86. The Bertz CT molecular complexity index is 335. The highest BCUT2D eigenvalue weighted by molar-refractivity contribution is 7.09. The molecule has 2 N–H and O–H groups in total. The Labute approximate surface area is 102 Å². The van der Waals surface area contributed by atoms with Crippen LogP contribution < -0.4 is 5.73 Å². The lowest BCUT2D eigenvalue weighted by Crippen LogP contribution is -2.32. The second kappa shape index (κ2) is 5.25. The van der Waals surface area contributed by atoms with Crippen LogP contribution in [-0.2, 0) is 13.1 Å². The third kappa shape index (κ3) is 2.62. The van der Waals surface area contributed by atoms with Gasteiger partial charge >= 0.3 is 0 Å². The van der Waals surface area contributed by atoms with Gasteiger partial charge in [0.25, 0.3) is 0 Å². The Hall–Kier alpha value is -0.450. The van der Waals surface area contributed by atoms with Crippen molar-refractivity contribution in [2.24, 2.45) is 11.7 Å². The summed E-state index contributed by atoms with van der Waals surface area (Å²) < 4.78 is 0. The van der Waals surface area contributed by atoms with E-state index in [0.29, 0.717) is 6.54 Å². The van der Waals surface area contributed by atoms with E-state index in [-0.39, 0.29) is 0 Å². The summed E-state index contributed by atoms with van der Waals surface area (Å²) in [6.07, 6.45) is 2.67. The van der Waals surface area contributed by atoms with Gasteiger partial charge in [0.1, 0.15) is 5.01 Å². The number of nitrogens with two attached hydrogens (primary N) is 1. The van der Waals surface area contributed by atoms with Crippen LogP contribution >= 0.6 is 11.3 Å². The molecule has 1 atom stereocenters. The molecule has 2 heterocycles. The molecule has 1 fully saturated rings. The Balaban J connectivity index is 1.98. The molecule has 1 aliphatic heterocycles. The van der Waals surface area contributed by atoms with E-state index >= 15 is 0 Å². The first kappa shape index (κ1) is 12.0. The molecule has 0 aliphatic carbocycles. The highest BCUT2D eigenvalue weighted by atomic mass is 32.1. The number of likely N-dealkylation sites (tertiary alicyclic amines) is 1. The zero-order valence-electron chi connectivity index (χ0n) is 10.1. The fraction of sp³-hybridized carbons (Fsp3) is 0.750. The smallest absolute Gasteiger partial charge is 0.106 e. The zero-order valence-corrected chi connectivity index (χ0v) is 11.0. The van der Waals surface area contributed by atoms with Crippen molar-refractivity contribution >= 4 is 11.3 Å². The van der Waals surface area contributed by atoms with E-state index in [2.05, 4.69) is 29.1 Å². The molecule has 0 saturated carbocycles. The van der Waals surface area contributed by atoms with Gasteiger partial charge in [-0.3, -0.25) is 4.90 Å². The molecule has 0 aromatic carbocycles. The fourth-order valence-electron chi connectivity index (χ4n) is 2.53. The summed E-state index contributed by atoms with van der Waals surface area (Å²) in [6.45, 7) is 7.42. The first-order valence-electron chi connectivity index (χ1n) is 6.08. The third-order valence-electron chi connectivity index (χ3n) is 3.32. The van der Waals surface area contributed by atoms with E-state index < -0.39 is 0 Å². The van der Waals surface area contributed by atoms with Gasteiger partial charge in [-0.1, -0.05) is 13.8 Å². The predicted molar refractivity (Wildman–Crippen MR) is 68.3 cm³/mol. The molecule has 90 valence electrons. The van der Waals surface area contributed by atoms with Gasteiger partial charge in [0.05, 0.1) is 5.69 Å². The Kier molecular flexibility index (Phi) is 3.95. The number of nitrogens with zero attached hydrogens (tertiary/aromatic N) is 2. The van der Waals surface area contributed by atoms with Crippen LogP contribution in [0.5, 0.6) is 0 Å². The standard InChI is InChI=1S/C12H21N3S/c1-9(2)11-4-3-5-15(11)7-10-8-16-12(6-13)14-10/h8-9,11H,3-7,13H2,1-2H3. The molecule has 3 nitrogen and oxygen atoms in total. The van der Waals surface area contributed by atoms with Crippen molar-refractivity contribution in [2.45, 2.75) is 45.8 Å². The van der Waals surface area contributed by atoms with Gasteiger partial charge < -0.3 is 5.73 Å². The summed E-state index contributed by atoms with van der Waals surface area (Å²) in [6, 6.07) is 0.739. The normalized spacial score (nSPS) is 22.1. The van der Waals surface area contributed by atoms with Crippen LogP contribution in [-0.4, -0.2) is 22.5 Å². The SMILES string of the molecule is CC(C)C1CCCN1Cc1csc(CN)n1. The molecule has 0 radical (unpaired) electrons. The summed E-state index contributed by atoms with van der Waals surface area (Å²) in [7, 11) is 0. The van der Waals surface area contributed by atoms with Gasteiger partial charge in [0.15, 0.2) is 0 Å². The summed E-state index contributed by atoms with van der Waals surface area (Å²) in [5.74, 6) is 0.745. The molecular weight excluding hydrogens is 218 g/mol. The summed E-state index contributed by atoms with van der Waals surface area (Å²) >= 11 is 1.68. The van der Waals surface area contributed by atoms with Crippen molar-refractivity contribution < 1.29 is 0 Å². The minimum atomic E-state index is 0.568. The van der Waals surface area contributed by atoms with Gasteiger partial charge in [-0.25, -0.2) is 4.98 Å². The van der Waals surface area contributed by atoms with E-state index in [1.54, 1.807) is 11.3 Å². The quantitative estimate of drug-likeness (QED) is 0.876. The van der Waals surface area contributed by atoms with Gasteiger partial charge in [-0.2, -0.15) is 0 Å². The lowest BCUT2D eigenvalue weighted by molar-refractivity contribution is 0.197. The monoisotopic (exact) mass is 239 g/mol. The molecule has 1 unspecified atom stereocenters. The van der Waals surface area contributed by atoms with Crippen LogP contribution in [0.25, 0.3) is 0 Å². The molecule has 1 saturated heterocycles. The van der Waals surface area contributed by atoms with Crippen LogP contribution in [0.1, 0.15) is 37.4 Å². The number of hydrogen-bond acceptors (Lipinski definition) is 4. The first-order valence-corrected chi connectivity index (χ1v) is 6.96. The van der Waals surface area contributed by atoms with E-state index in [4.69, 9.17) is 5.73 Å². The molecule has 1 aliphatic rings. The fourth-order valence-corrected chi connectivity index (χ4v) is 3.19. The summed E-state index contributed by atoms with van der Waals surface area (Å²) in [5, 5.41) is 3.20. The predicted octanol–water partition coefficient (Wildman–Crippen LogP) is 2.22. The van der Waals surface area contributed by atoms with E-state index in [0.717, 1.165) is 23.5 Å². The Morgan fingerprint density at radius 3 is 3.06 bits per heavy atom. The maximum Gasteiger partial charge on any atom is 0.106 e. The molecule has 16 heavy (non-hydrogen) atoms. The van der Waals surface area contributed by atoms with Crippen molar-refractivity contribution in [2.75, 3.05) is 6.54 Å². The van der Waals surface area contributed by atoms with Crippen molar-refractivity contribution in [1.82, 2.24) is 9.88 Å². The maximum atomic E-state index is 5.58. The van der Waals surface area contributed by atoms with Gasteiger partial charge in [0.2, 0.25) is 0 Å². The van der Waals surface area contributed by atoms with E-state index in [9.17, 15) is 0 Å². The number of thiazole rings is 1. The topological polar surface area (TPSA) is 42.1 Å². The highest BCUT2D eigenvalue weighted by Gasteiger charge is 2.27. The van der Waals surface area contributed by atoms with Crippen molar-refractivity contribution in [3.05, 3.63) is 16.1 Å². The minimum Gasteiger partial charge on any atom is -0.325 e. The number of rotatable bonds is 4. The van der Waals surface area contributed by atoms with Crippen LogP contribution in [0, 0.1) is 5.92 Å². The van der Waals surface area contributed by atoms with Crippen molar-refractivity contribution in [3.63, 3.8) is 0 Å².